The Hall–Kier alpha value is -5.46. The summed E-state index contributed by atoms with van der Waals surface area (Å²) in [5, 5.41) is 2.55. The van der Waals surface area contributed by atoms with Crippen molar-refractivity contribution >= 4 is 28.5 Å². The first-order chi connectivity index (χ1) is 25.3. The van der Waals surface area contributed by atoms with Crippen molar-refractivity contribution in [3.63, 3.8) is 0 Å². The number of hydrogen-bond acceptors (Lipinski definition) is 0. The van der Waals surface area contributed by atoms with Crippen LogP contribution in [0.2, 0.25) is 0 Å². The number of allylic oxidation sites excluding steroid dienone is 4. The zero-order valence-electron chi connectivity index (χ0n) is 31.3. The van der Waals surface area contributed by atoms with Crippen LogP contribution in [0.1, 0.15) is 86.3 Å². The van der Waals surface area contributed by atoms with Crippen LogP contribution >= 0.6 is 0 Å². The minimum atomic E-state index is -0.0198. The van der Waals surface area contributed by atoms with Crippen LogP contribution in [0, 0.1) is 6.92 Å². The van der Waals surface area contributed by atoms with Crippen molar-refractivity contribution < 1.29 is 0 Å². The van der Waals surface area contributed by atoms with E-state index < -0.39 is 0 Å². The second kappa shape index (κ2) is 13.3. The minimum Gasteiger partial charge on any atom is -0.0984 e. The fourth-order valence-electron chi connectivity index (χ4n) is 9.01. The molecular formula is C52H48. The Labute approximate surface area is 310 Å². The zero-order valence-corrected chi connectivity index (χ0v) is 31.3. The third-order valence-corrected chi connectivity index (χ3v) is 11.6. The lowest BCUT2D eigenvalue weighted by atomic mass is 9.81. The van der Waals surface area contributed by atoms with Gasteiger partial charge in [-0.15, -0.1) is 0 Å². The molecule has 0 heterocycles. The third-order valence-electron chi connectivity index (χ3n) is 11.6. The summed E-state index contributed by atoms with van der Waals surface area (Å²) < 4.78 is 0. The Morgan fingerprint density at radius 1 is 0.673 bits per heavy atom. The van der Waals surface area contributed by atoms with E-state index in [-0.39, 0.29) is 5.41 Å². The Kier molecular flexibility index (Phi) is 8.59. The fraction of sp³-hybridized carbons (Fsp3) is 0.192. The molecule has 2 aliphatic carbocycles. The molecule has 1 saturated carbocycles. The maximum atomic E-state index is 4.17. The molecule has 52 heavy (non-hydrogen) atoms. The maximum absolute atomic E-state index is 4.17. The first kappa shape index (κ1) is 33.7. The molecule has 8 rings (SSSR count). The molecule has 0 heteroatoms. The first-order valence-corrected chi connectivity index (χ1v) is 19.0. The van der Waals surface area contributed by atoms with Gasteiger partial charge in [0, 0.05) is 5.41 Å². The van der Waals surface area contributed by atoms with Crippen LogP contribution < -0.4 is 0 Å². The Morgan fingerprint density at radius 2 is 1.29 bits per heavy atom. The Morgan fingerprint density at radius 3 is 1.94 bits per heavy atom. The zero-order chi connectivity index (χ0) is 36.1. The van der Waals surface area contributed by atoms with Gasteiger partial charge in [0.1, 0.15) is 0 Å². The molecule has 0 N–H and O–H groups in total. The highest BCUT2D eigenvalue weighted by atomic mass is 14.4. The summed E-state index contributed by atoms with van der Waals surface area (Å²) in [5.74, 6) is 0.569. The predicted octanol–water partition coefficient (Wildman–Crippen LogP) is 15.0. The molecule has 0 spiro atoms. The van der Waals surface area contributed by atoms with Gasteiger partial charge < -0.3 is 0 Å². The summed E-state index contributed by atoms with van der Waals surface area (Å²) in [5.41, 5.74) is 20.9. The fourth-order valence-corrected chi connectivity index (χ4v) is 9.01. The molecule has 6 aromatic rings. The molecule has 0 aliphatic heterocycles. The highest BCUT2D eigenvalue weighted by Crippen LogP contribution is 2.52. The van der Waals surface area contributed by atoms with E-state index >= 15 is 0 Å². The third kappa shape index (κ3) is 5.53. The summed E-state index contributed by atoms with van der Waals surface area (Å²) in [6.45, 7) is 19.6. The maximum Gasteiger partial charge on any atom is 0.0155 e. The van der Waals surface area contributed by atoms with E-state index in [0.717, 1.165) is 17.5 Å². The van der Waals surface area contributed by atoms with Crippen LogP contribution in [-0.4, -0.2) is 0 Å². The van der Waals surface area contributed by atoms with E-state index in [2.05, 4.69) is 169 Å². The van der Waals surface area contributed by atoms with Crippen LogP contribution in [0.3, 0.4) is 0 Å². The molecule has 0 radical (unpaired) electrons. The average Bonchev–Trinajstić information content (AvgIpc) is 4.00. The molecule has 0 nitrogen and oxygen atoms in total. The lowest BCUT2D eigenvalue weighted by molar-refractivity contribution is 0.660. The number of benzene rings is 6. The lowest BCUT2D eigenvalue weighted by Crippen LogP contribution is -2.15. The van der Waals surface area contributed by atoms with E-state index in [9.17, 15) is 0 Å². The van der Waals surface area contributed by atoms with Crippen LogP contribution in [-0.2, 0) is 5.41 Å². The van der Waals surface area contributed by atoms with Gasteiger partial charge in [-0.1, -0.05) is 149 Å². The van der Waals surface area contributed by atoms with E-state index in [1.165, 1.54) is 102 Å². The molecule has 0 saturated heterocycles. The summed E-state index contributed by atoms with van der Waals surface area (Å²) in [4.78, 5) is 0. The molecule has 256 valence electrons. The van der Waals surface area contributed by atoms with Gasteiger partial charge in [-0.3, -0.25) is 0 Å². The summed E-state index contributed by atoms with van der Waals surface area (Å²) in [7, 11) is 0. The molecule has 0 amide bonds. The SMILES string of the molecule is C=Cc1cc(C)c2c(-c3cccc(-c4cccc(-c5cccc(-c6ccc7c(c6)C(C)(C)C(=C/C)/C7=C\CC)c5)c4)c3C3CC3)cccc2c1C=C. The van der Waals surface area contributed by atoms with Gasteiger partial charge in [0.05, 0.1) is 0 Å². The van der Waals surface area contributed by atoms with E-state index in [1.54, 1.807) is 0 Å². The van der Waals surface area contributed by atoms with Crippen molar-refractivity contribution in [2.75, 3.05) is 0 Å². The smallest absolute Gasteiger partial charge is 0.0155 e. The van der Waals surface area contributed by atoms with Crippen molar-refractivity contribution in [2.24, 2.45) is 0 Å². The quantitative estimate of drug-likeness (QED) is 0.151. The highest BCUT2D eigenvalue weighted by Gasteiger charge is 2.37. The van der Waals surface area contributed by atoms with Gasteiger partial charge in [0.15, 0.2) is 0 Å². The molecule has 2 aliphatic rings. The normalized spacial score (nSPS) is 16.4. The molecule has 6 aromatic carbocycles. The molecule has 0 unspecified atom stereocenters. The van der Waals surface area contributed by atoms with Crippen molar-refractivity contribution in [1.29, 1.82) is 0 Å². The number of hydrogen-bond donors (Lipinski definition) is 0. The summed E-state index contributed by atoms with van der Waals surface area (Å²) >= 11 is 0. The van der Waals surface area contributed by atoms with Gasteiger partial charge >= 0.3 is 0 Å². The Bertz CT molecular complexity index is 2470. The van der Waals surface area contributed by atoms with Crippen LogP contribution in [0.25, 0.3) is 73.0 Å². The van der Waals surface area contributed by atoms with E-state index in [1.807, 2.05) is 12.2 Å². The van der Waals surface area contributed by atoms with Gasteiger partial charge in [0.2, 0.25) is 0 Å². The highest BCUT2D eigenvalue weighted by molar-refractivity contribution is 6.05. The lowest BCUT2D eigenvalue weighted by Gasteiger charge is -2.22. The molecule has 1 fully saturated rings. The van der Waals surface area contributed by atoms with Crippen molar-refractivity contribution in [3.05, 3.63) is 173 Å². The topological polar surface area (TPSA) is 0 Å². The molecular weight excluding hydrogens is 625 g/mol. The number of fused-ring (bicyclic) bond motifs is 2. The van der Waals surface area contributed by atoms with Gasteiger partial charge in [-0.25, -0.2) is 0 Å². The van der Waals surface area contributed by atoms with E-state index in [4.69, 9.17) is 0 Å². The Balaban J connectivity index is 1.21. The van der Waals surface area contributed by atoms with Crippen molar-refractivity contribution in [1.82, 2.24) is 0 Å². The second-order valence-electron chi connectivity index (χ2n) is 15.1. The van der Waals surface area contributed by atoms with Crippen molar-refractivity contribution in [3.8, 4) is 44.5 Å². The standard InChI is InChI=1S/C52H48/c1-8-16-43-44-28-27-39(32-49(44)52(6,7)48(43)11-4)37-18-12-17-36(30-37)38-19-13-20-40(31-38)42-21-14-24-47(51(42)35-25-26-35)46-23-15-22-45-41(10-3)34(9-2)29-33(5)50(45)46/h9-24,27-32,35H,2-3,8,25-26H2,1,4-7H3/b43-16-,48-11+. The monoisotopic (exact) mass is 672 g/mol. The average molecular weight is 673 g/mol. The van der Waals surface area contributed by atoms with Crippen LogP contribution in [0.5, 0.6) is 0 Å². The number of rotatable bonds is 8. The van der Waals surface area contributed by atoms with Crippen LogP contribution in [0.4, 0.5) is 0 Å². The first-order valence-electron chi connectivity index (χ1n) is 19.0. The molecule has 0 atom stereocenters. The van der Waals surface area contributed by atoms with Gasteiger partial charge in [0.25, 0.3) is 0 Å². The molecule has 0 aromatic heterocycles. The largest absolute Gasteiger partial charge is 0.0984 e. The predicted molar refractivity (Wildman–Crippen MR) is 228 cm³/mol. The van der Waals surface area contributed by atoms with E-state index in [0.29, 0.717) is 5.92 Å². The molecule has 0 bridgehead atoms. The van der Waals surface area contributed by atoms with Gasteiger partial charge in [-0.05, 0) is 157 Å². The summed E-state index contributed by atoms with van der Waals surface area (Å²) in [6.07, 6.45) is 12.1. The minimum absolute atomic E-state index is 0.0198. The second-order valence-corrected chi connectivity index (χ2v) is 15.1. The van der Waals surface area contributed by atoms with Crippen molar-refractivity contribution in [2.45, 2.75) is 65.2 Å². The van der Waals surface area contributed by atoms with Gasteiger partial charge in [-0.2, -0.15) is 0 Å². The number of aryl methyl sites for hydroxylation is 1. The summed E-state index contributed by atoms with van der Waals surface area (Å²) in [6, 6.07) is 41.3. The van der Waals surface area contributed by atoms with Crippen LogP contribution in [0.15, 0.2) is 140 Å².